The Balaban J connectivity index is 2.30. The van der Waals surface area contributed by atoms with Crippen molar-refractivity contribution >= 4 is 10.0 Å². The van der Waals surface area contributed by atoms with E-state index in [0.717, 1.165) is 16.7 Å². The van der Waals surface area contributed by atoms with Crippen molar-refractivity contribution in [2.24, 2.45) is 11.1 Å². The molecule has 0 amide bonds. The predicted octanol–water partition coefficient (Wildman–Crippen LogP) is 2.01. The Labute approximate surface area is 115 Å². The lowest BCUT2D eigenvalue weighted by molar-refractivity contribution is 0.327. The number of nitrogens with zero attached hydrogens (tertiary/aromatic N) is 1. The fraction of sp³-hybridized carbons (Fsp3) is 0.571. The van der Waals surface area contributed by atoms with Gasteiger partial charge in [0, 0.05) is 19.1 Å². The van der Waals surface area contributed by atoms with Gasteiger partial charge in [0.2, 0.25) is 10.0 Å². The zero-order chi connectivity index (χ0) is 14.4. The van der Waals surface area contributed by atoms with E-state index in [1.807, 2.05) is 12.1 Å². The first-order chi connectivity index (χ1) is 8.59. The molecule has 2 N–H and O–H groups in total. The van der Waals surface area contributed by atoms with Crippen molar-refractivity contribution in [2.75, 3.05) is 6.26 Å². The summed E-state index contributed by atoms with van der Waals surface area (Å²) in [5.74, 6) is 0. The molecule has 0 saturated carbocycles. The molecule has 19 heavy (non-hydrogen) atoms. The predicted molar refractivity (Wildman–Crippen MR) is 76.9 cm³/mol. The average Bonchev–Trinajstić information content (AvgIpc) is 2.68. The van der Waals surface area contributed by atoms with Gasteiger partial charge in [0.25, 0.3) is 0 Å². The minimum Gasteiger partial charge on any atom is -0.324 e. The molecule has 1 unspecified atom stereocenters. The molecule has 1 aromatic rings. The summed E-state index contributed by atoms with van der Waals surface area (Å²) in [5.41, 5.74) is 9.47. The van der Waals surface area contributed by atoms with E-state index < -0.39 is 10.0 Å². The summed E-state index contributed by atoms with van der Waals surface area (Å²) in [6.07, 6.45) is 1.25. The molecule has 0 spiro atoms. The lowest BCUT2D eigenvalue weighted by Crippen LogP contribution is -2.26. The summed E-state index contributed by atoms with van der Waals surface area (Å²) in [5, 5.41) is 0. The molecule has 106 valence electrons. The topological polar surface area (TPSA) is 63.4 Å². The summed E-state index contributed by atoms with van der Waals surface area (Å²) in [6, 6.07) is 6.02. The first-order valence-electron chi connectivity index (χ1n) is 6.41. The van der Waals surface area contributed by atoms with Gasteiger partial charge < -0.3 is 5.73 Å². The van der Waals surface area contributed by atoms with Gasteiger partial charge in [-0.3, -0.25) is 0 Å². The Kier molecular flexibility index (Phi) is 3.49. The molecule has 0 fully saturated rings. The maximum atomic E-state index is 11.6. The van der Waals surface area contributed by atoms with Crippen LogP contribution in [0.1, 0.15) is 43.5 Å². The molecule has 0 aliphatic carbocycles. The van der Waals surface area contributed by atoms with Crippen LogP contribution in [0.5, 0.6) is 0 Å². The van der Waals surface area contributed by atoms with Crippen LogP contribution in [0.2, 0.25) is 0 Å². The molecule has 0 radical (unpaired) electrons. The van der Waals surface area contributed by atoms with Gasteiger partial charge in [0.15, 0.2) is 0 Å². The first-order valence-corrected chi connectivity index (χ1v) is 8.26. The van der Waals surface area contributed by atoms with E-state index in [0.29, 0.717) is 13.1 Å². The van der Waals surface area contributed by atoms with Crippen LogP contribution < -0.4 is 5.73 Å². The van der Waals surface area contributed by atoms with Crippen LogP contribution in [0.4, 0.5) is 0 Å². The van der Waals surface area contributed by atoms with Crippen molar-refractivity contribution in [3.63, 3.8) is 0 Å². The minimum atomic E-state index is -3.13. The smallest absolute Gasteiger partial charge is 0.211 e. The summed E-state index contributed by atoms with van der Waals surface area (Å²) >= 11 is 0. The summed E-state index contributed by atoms with van der Waals surface area (Å²) < 4.78 is 24.7. The highest BCUT2D eigenvalue weighted by Crippen LogP contribution is 2.33. The van der Waals surface area contributed by atoms with E-state index >= 15 is 0 Å². The third-order valence-electron chi connectivity index (χ3n) is 3.68. The molecule has 0 aromatic heterocycles. The molecular formula is C14H22N2O2S. The van der Waals surface area contributed by atoms with Crippen LogP contribution in [-0.4, -0.2) is 19.0 Å². The molecule has 1 aliphatic rings. The average molecular weight is 282 g/mol. The van der Waals surface area contributed by atoms with Crippen LogP contribution in [0.25, 0.3) is 0 Å². The SMILES string of the molecule is CC(C)(C)C(N)c1ccc2c(c1)CN(S(C)(=O)=O)C2. The Morgan fingerprint density at radius 3 is 2.32 bits per heavy atom. The Hall–Kier alpha value is -0.910. The zero-order valence-electron chi connectivity index (χ0n) is 12.0. The second-order valence-electron chi connectivity index (χ2n) is 6.40. The second-order valence-corrected chi connectivity index (χ2v) is 8.39. The van der Waals surface area contributed by atoms with Crippen LogP contribution in [0, 0.1) is 5.41 Å². The highest BCUT2D eigenvalue weighted by molar-refractivity contribution is 7.88. The second kappa shape index (κ2) is 4.58. The van der Waals surface area contributed by atoms with Crippen LogP contribution >= 0.6 is 0 Å². The van der Waals surface area contributed by atoms with Gasteiger partial charge in [-0.15, -0.1) is 0 Å². The van der Waals surface area contributed by atoms with Gasteiger partial charge in [0.1, 0.15) is 0 Å². The third-order valence-corrected chi connectivity index (χ3v) is 4.88. The van der Waals surface area contributed by atoms with E-state index in [-0.39, 0.29) is 11.5 Å². The fourth-order valence-corrected chi connectivity index (χ4v) is 3.06. The molecule has 1 atom stereocenters. The molecule has 4 nitrogen and oxygen atoms in total. The molecule has 0 saturated heterocycles. The number of hydrogen-bond acceptors (Lipinski definition) is 3. The van der Waals surface area contributed by atoms with Crippen LogP contribution in [0.15, 0.2) is 18.2 Å². The fourth-order valence-electron chi connectivity index (χ4n) is 2.31. The highest BCUT2D eigenvalue weighted by Gasteiger charge is 2.28. The number of benzene rings is 1. The molecule has 5 heteroatoms. The maximum absolute atomic E-state index is 11.6. The van der Waals surface area contributed by atoms with Gasteiger partial charge >= 0.3 is 0 Å². The monoisotopic (exact) mass is 282 g/mol. The van der Waals surface area contributed by atoms with Crippen LogP contribution in [-0.2, 0) is 23.1 Å². The Morgan fingerprint density at radius 1 is 1.21 bits per heavy atom. The van der Waals surface area contributed by atoms with Crippen molar-refractivity contribution < 1.29 is 8.42 Å². The Bertz CT molecular complexity index is 588. The molecular weight excluding hydrogens is 260 g/mol. The van der Waals surface area contributed by atoms with E-state index in [1.165, 1.54) is 10.6 Å². The van der Waals surface area contributed by atoms with E-state index in [2.05, 4.69) is 26.8 Å². The zero-order valence-corrected chi connectivity index (χ0v) is 12.8. The minimum absolute atomic E-state index is 0.0106. The van der Waals surface area contributed by atoms with E-state index in [4.69, 9.17) is 5.73 Å². The summed E-state index contributed by atoms with van der Waals surface area (Å²) in [6.45, 7) is 7.24. The Morgan fingerprint density at radius 2 is 1.79 bits per heavy atom. The molecule has 0 bridgehead atoms. The number of rotatable bonds is 2. The summed E-state index contributed by atoms with van der Waals surface area (Å²) in [7, 11) is -3.13. The van der Waals surface area contributed by atoms with Crippen molar-refractivity contribution in [1.29, 1.82) is 0 Å². The lowest BCUT2D eigenvalue weighted by Gasteiger charge is -2.27. The third kappa shape index (κ3) is 2.99. The molecule has 2 rings (SSSR count). The first kappa shape index (κ1) is 14.5. The van der Waals surface area contributed by atoms with Gasteiger partial charge in [-0.2, -0.15) is 4.31 Å². The number of nitrogens with two attached hydrogens (primary N) is 1. The van der Waals surface area contributed by atoms with E-state index in [1.54, 1.807) is 0 Å². The number of sulfonamides is 1. The van der Waals surface area contributed by atoms with Crippen molar-refractivity contribution in [1.82, 2.24) is 4.31 Å². The number of hydrogen-bond donors (Lipinski definition) is 1. The standard InChI is InChI=1S/C14H22N2O2S/c1-14(2,3)13(15)10-5-6-11-8-16(19(4,17)18)9-12(11)7-10/h5-7,13H,8-9,15H2,1-4H3. The number of fused-ring (bicyclic) bond motifs is 1. The lowest BCUT2D eigenvalue weighted by atomic mass is 9.82. The van der Waals surface area contributed by atoms with Crippen molar-refractivity contribution in [3.8, 4) is 0 Å². The quantitative estimate of drug-likeness (QED) is 0.902. The van der Waals surface area contributed by atoms with Crippen molar-refractivity contribution in [3.05, 3.63) is 34.9 Å². The normalized spacial score (nSPS) is 18.4. The van der Waals surface area contributed by atoms with E-state index in [9.17, 15) is 8.42 Å². The van der Waals surface area contributed by atoms with Gasteiger partial charge in [-0.05, 0) is 22.1 Å². The molecule has 1 aliphatic heterocycles. The van der Waals surface area contributed by atoms with Crippen molar-refractivity contribution in [2.45, 2.75) is 39.9 Å². The van der Waals surface area contributed by atoms with Gasteiger partial charge in [-0.1, -0.05) is 39.0 Å². The summed E-state index contributed by atoms with van der Waals surface area (Å²) in [4.78, 5) is 0. The van der Waals surface area contributed by atoms with Gasteiger partial charge in [0.05, 0.1) is 6.26 Å². The maximum Gasteiger partial charge on any atom is 0.211 e. The van der Waals surface area contributed by atoms with Gasteiger partial charge in [-0.25, -0.2) is 8.42 Å². The van der Waals surface area contributed by atoms with Crippen LogP contribution in [0.3, 0.4) is 0 Å². The largest absolute Gasteiger partial charge is 0.324 e. The highest BCUT2D eigenvalue weighted by atomic mass is 32.2. The molecule has 1 heterocycles. The molecule has 1 aromatic carbocycles.